The number of carbonyl (C=O) groups excluding carboxylic acids is 1. The Labute approximate surface area is 129 Å². The van der Waals surface area contributed by atoms with Crippen molar-refractivity contribution in [1.29, 1.82) is 0 Å². The van der Waals surface area contributed by atoms with Gasteiger partial charge in [0.1, 0.15) is 0 Å². The van der Waals surface area contributed by atoms with E-state index >= 15 is 0 Å². The van der Waals surface area contributed by atoms with Gasteiger partial charge in [0, 0.05) is 16.5 Å². The normalized spacial score (nSPS) is 14.8. The molecule has 1 amide bonds. The molecule has 0 aromatic heterocycles. The maximum Gasteiger partial charge on any atom is 0.269 e. The average molecular weight is 309 g/mol. The standard InChI is InChI=1S/C14H19N3OS2/c1-20-12-8-6-10(7-9-12)13(18)16-17-14(19)15-11-4-2-3-5-11/h6-9,11H,2-5H2,1H3,(H,16,18)(H2,15,17,19). The fourth-order valence-electron chi connectivity index (χ4n) is 2.22. The van der Waals surface area contributed by atoms with Gasteiger partial charge in [0.05, 0.1) is 0 Å². The molecule has 1 aliphatic carbocycles. The minimum absolute atomic E-state index is 0.187. The highest BCUT2D eigenvalue weighted by molar-refractivity contribution is 7.98. The van der Waals surface area contributed by atoms with E-state index in [2.05, 4.69) is 16.2 Å². The summed E-state index contributed by atoms with van der Waals surface area (Å²) >= 11 is 6.81. The van der Waals surface area contributed by atoms with Crippen LogP contribution in [0, 0.1) is 0 Å². The zero-order valence-electron chi connectivity index (χ0n) is 11.4. The predicted octanol–water partition coefficient (Wildman–Crippen LogP) is 2.46. The largest absolute Gasteiger partial charge is 0.359 e. The molecule has 2 rings (SSSR count). The van der Waals surface area contributed by atoms with Gasteiger partial charge in [-0.25, -0.2) is 0 Å². The molecule has 4 nitrogen and oxygen atoms in total. The van der Waals surface area contributed by atoms with Crippen molar-refractivity contribution in [3.8, 4) is 0 Å². The third kappa shape index (κ3) is 4.38. The summed E-state index contributed by atoms with van der Waals surface area (Å²) < 4.78 is 0. The molecule has 1 aliphatic rings. The molecule has 0 unspecified atom stereocenters. The third-order valence-electron chi connectivity index (χ3n) is 3.33. The lowest BCUT2D eigenvalue weighted by atomic mass is 10.2. The molecule has 0 heterocycles. The SMILES string of the molecule is CSc1ccc(C(=O)NNC(=S)NC2CCCC2)cc1. The van der Waals surface area contributed by atoms with E-state index in [0.717, 1.165) is 17.7 Å². The predicted molar refractivity (Wildman–Crippen MR) is 86.8 cm³/mol. The van der Waals surface area contributed by atoms with E-state index in [-0.39, 0.29) is 5.91 Å². The van der Waals surface area contributed by atoms with Crippen LogP contribution in [-0.4, -0.2) is 23.3 Å². The first kappa shape index (κ1) is 15.1. The van der Waals surface area contributed by atoms with E-state index in [0.29, 0.717) is 16.7 Å². The number of hydrogen-bond donors (Lipinski definition) is 3. The molecule has 1 aromatic carbocycles. The van der Waals surface area contributed by atoms with Crippen LogP contribution in [0.1, 0.15) is 36.0 Å². The Kier molecular flexibility index (Phi) is 5.67. The summed E-state index contributed by atoms with van der Waals surface area (Å²) in [5.74, 6) is -0.187. The molecule has 1 saturated carbocycles. The van der Waals surface area contributed by atoms with Crippen molar-refractivity contribution in [2.24, 2.45) is 0 Å². The zero-order valence-corrected chi connectivity index (χ0v) is 13.1. The Hall–Kier alpha value is -1.27. The second-order valence-electron chi connectivity index (χ2n) is 4.76. The van der Waals surface area contributed by atoms with Gasteiger partial charge in [-0.3, -0.25) is 15.6 Å². The van der Waals surface area contributed by atoms with Gasteiger partial charge in [-0.15, -0.1) is 11.8 Å². The van der Waals surface area contributed by atoms with Gasteiger partial charge in [-0.2, -0.15) is 0 Å². The van der Waals surface area contributed by atoms with Crippen LogP contribution >= 0.6 is 24.0 Å². The van der Waals surface area contributed by atoms with E-state index in [1.165, 1.54) is 12.8 Å². The number of hydrogen-bond acceptors (Lipinski definition) is 3. The molecular weight excluding hydrogens is 290 g/mol. The Bertz CT molecular complexity index is 470. The molecule has 20 heavy (non-hydrogen) atoms. The Morgan fingerprint density at radius 3 is 2.45 bits per heavy atom. The summed E-state index contributed by atoms with van der Waals surface area (Å²) in [6.45, 7) is 0. The van der Waals surface area contributed by atoms with Crippen LogP contribution in [-0.2, 0) is 0 Å². The molecule has 3 N–H and O–H groups in total. The number of benzene rings is 1. The first-order chi connectivity index (χ1) is 9.69. The van der Waals surface area contributed by atoms with E-state index in [1.54, 1.807) is 23.9 Å². The van der Waals surface area contributed by atoms with E-state index < -0.39 is 0 Å². The first-order valence-corrected chi connectivity index (χ1v) is 8.33. The molecule has 6 heteroatoms. The van der Waals surface area contributed by atoms with Gasteiger partial charge >= 0.3 is 0 Å². The number of rotatable bonds is 3. The summed E-state index contributed by atoms with van der Waals surface area (Å²) in [6.07, 6.45) is 6.78. The third-order valence-corrected chi connectivity index (χ3v) is 4.30. The zero-order chi connectivity index (χ0) is 14.4. The second-order valence-corrected chi connectivity index (χ2v) is 6.05. The summed E-state index contributed by atoms with van der Waals surface area (Å²) in [5, 5.41) is 3.68. The van der Waals surface area contributed by atoms with Crippen molar-refractivity contribution in [3.63, 3.8) is 0 Å². The minimum atomic E-state index is -0.187. The summed E-state index contributed by atoms with van der Waals surface area (Å²) in [6, 6.07) is 7.89. The topological polar surface area (TPSA) is 53.2 Å². The van der Waals surface area contributed by atoms with E-state index in [4.69, 9.17) is 12.2 Å². The van der Waals surface area contributed by atoms with Gasteiger partial charge < -0.3 is 5.32 Å². The number of thioether (sulfide) groups is 1. The molecule has 0 spiro atoms. The summed E-state index contributed by atoms with van der Waals surface area (Å²) in [4.78, 5) is 13.1. The van der Waals surface area contributed by atoms with Gasteiger partial charge in [0.15, 0.2) is 5.11 Å². The van der Waals surface area contributed by atoms with Crippen molar-refractivity contribution in [1.82, 2.24) is 16.2 Å². The number of hydrazine groups is 1. The molecule has 0 radical (unpaired) electrons. The average Bonchev–Trinajstić information content (AvgIpc) is 2.97. The number of nitrogens with one attached hydrogen (secondary N) is 3. The minimum Gasteiger partial charge on any atom is -0.359 e. The Morgan fingerprint density at radius 2 is 1.85 bits per heavy atom. The van der Waals surface area contributed by atoms with Crippen LogP contribution < -0.4 is 16.2 Å². The number of thiocarbonyl (C=S) groups is 1. The number of carbonyl (C=O) groups is 1. The molecule has 1 fully saturated rings. The van der Waals surface area contributed by atoms with Crippen molar-refractivity contribution in [3.05, 3.63) is 29.8 Å². The second kappa shape index (κ2) is 7.50. The van der Waals surface area contributed by atoms with Crippen molar-refractivity contribution < 1.29 is 4.79 Å². The first-order valence-electron chi connectivity index (χ1n) is 6.70. The van der Waals surface area contributed by atoms with Crippen LogP contribution in [0.4, 0.5) is 0 Å². The van der Waals surface area contributed by atoms with Crippen molar-refractivity contribution in [2.75, 3.05) is 6.26 Å². The highest BCUT2D eigenvalue weighted by Crippen LogP contribution is 2.17. The van der Waals surface area contributed by atoms with E-state index in [1.807, 2.05) is 18.4 Å². The molecule has 0 saturated heterocycles. The van der Waals surface area contributed by atoms with Gasteiger partial charge in [-0.1, -0.05) is 12.8 Å². The lowest BCUT2D eigenvalue weighted by Crippen LogP contribution is -2.49. The highest BCUT2D eigenvalue weighted by atomic mass is 32.2. The fourth-order valence-corrected chi connectivity index (χ4v) is 2.85. The summed E-state index contributed by atoms with van der Waals surface area (Å²) in [7, 11) is 0. The van der Waals surface area contributed by atoms with Crippen LogP contribution in [0.2, 0.25) is 0 Å². The van der Waals surface area contributed by atoms with Crippen LogP contribution in [0.3, 0.4) is 0 Å². The van der Waals surface area contributed by atoms with E-state index in [9.17, 15) is 4.79 Å². The smallest absolute Gasteiger partial charge is 0.269 e. The molecular formula is C14H19N3OS2. The van der Waals surface area contributed by atoms with Crippen LogP contribution in [0.25, 0.3) is 0 Å². The lowest BCUT2D eigenvalue weighted by Gasteiger charge is -2.16. The molecule has 0 bridgehead atoms. The quantitative estimate of drug-likeness (QED) is 0.455. The molecule has 0 atom stereocenters. The van der Waals surface area contributed by atoms with Crippen molar-refractivity contribution in [2.45, 2.75) is 36.6 Å². The van der Waals surface area contributed by atoms with Crippen molar-refractivity contribution >= 4 is 35.0 Å². The lowest BCUT2D eigenvalue weighted by molar-refractivity contribution is 0.0943. The van der Waals surface area contributed by atoms with Crippen LogP contribution in [0.15, 0.2) is 29.2 Å². The van der Waals surface area contributed by atoms with Gasteiger partial charge in [0.2, 0.25) is 0 Å². The Morgan fingerprint density at radius 1 is 1.20 bits per heavy atom. The number of amides is 1. The Balaban J connectivity index is 1.77. The molecule has 1 aromatic rings. The maximum absolute atomic E-state index is 11.9. The summed E-state index contributed by atoms with van der Waals surface area (Å²) in [5.41, 5.74) is 5.97. The van der Waals surface area contributed by atoms with Gasteiger partial charge in [0.25, 0.3) is 5.91 Å². The van der Waals surface area contributed by atoms with Gasteiger partial charge in [-0.05, 0) is 55.6 Å². The molecule has 108 valence electrons. The monoisotopic (exact) mass is 309 g/mol. The molecule has 0 aliphatic heterocycles. The maximum atomic E-state index is 11.9. The fraction of sp³-hybridized carbons (Fsp3) is 0.429. The van der Waals surface area contributed by atoms with Crippen LogP contribution in [0.5, 0.6) is 0 Å². The highest BCUT2D eigenvalue weighted by Gasteiger charge is 2.15.